The number of pyridine rings is 1. The maximum Gasteiger partial charge on any atom is 0.300 e. The van der Waals surface area contributed by atoms with E-state index in [1.54, 1.807) is 30.3 Å². The number of carbonyl (C=O) groups excluding carboxylic acids is 2. The van der Waals surface area contributed by atoms with Crippen molar-refractivity contribution in [1.82, 2.24) is 4.98 Å². The van der Waals surface area contributed by atoms with Gasteiger partial charge in [-0.1, -0.05) is 6.07 Å². The highest BCUT2D eigenvalue weighted by molar-refractivity contribution is 6.51. The van der Waals surface area contributed by atoms with Crippen molar-refractivity contribution < 1.29 is 28.6 Å². The standard InChI is InChI=1S/C24H19FN2O5/c1-31-16-10-11-19(32-2)17(13-16)22(28)20-21(18-5-3-4-12-26-18)27(24(30)23(20)29)15-8-6-14(25)7-9-15/h3-13,21,28H,1-2H3/b22-20+. The molecule has 1 N–H and O–H groups in total. The summed E-state index contributed by atoms with van der Waals surface area (Å²) in [5.74, 6) is -1.96. The molecule has 1 unspecified atom stereocenters. The normalized spacial score (nSPS) is 17.5. The minimum absolute atomic E-state index is 0.162. The van der Waals surface area contributed by atoms with Crippen LogP contribution >= 0.6 is 0 Å². The van der Waals surface area contributed by atoms with Crippen LogP contribution in [-0.2, 0) is 9.59 Å². The van der Waals surface area contributed by atoms with Crippen LogP contribution in [0.15, 0.2) is 72.4 Å². The van der Waals surface area contributed by atoms with Gasteiger partial charge in [0.05, 0.1) is 31.1 Å². The van der Waals surface area contributed by atoms with Gasteiger partial charge in [0, 0.05) is 11.9 Å². The summed E-state index contributed by atoms with van der Waals surface area (Å²) in [4.78, 5) is 31.7. The molecule has 1 atom stereocenters. The van der Waals surface area contributed by atoms with Crippen LogP contribution in [-0.4, -0.2) is 36.0 Å². The highest BCUT2D eigenvalue weighted by Gasteiger charge is 2.47. The van der Waals surface area contributed by atoms with Crippen molar-refractivity contribution in [1.29, 1.82) is 0 Å². The Labute approximate surface area is 183 Å². The summed E-state index contributed by atoms with van der Waals surface area (Å²) >= 11 is 0. The zero-order chi connectivity index (χ0) is 22.8. The fraction of sp³-hybridized carbons (Fsp3) is 0.125. The highest BCUT2D eigenvalue weighted by Crippen LogP contribution is 2.43. The molecule has 0 saturated carbocycles. The van der Waals surface area contributed by atoms with Crippen molar-refractivity contribution in [3.8, 4) is 11.5 Å². The highest BCUT2D eigenvalue weighted by atomic mass is 19.1. The summed E-state index contributed by atoms with van der Waals surface area (Å²) in [6, 6.07) is 13.9. The molecule has 8 heteroatoms. The van der Waals surface area contributed by atoms with Gasteiger partial charge in [-0.3, -0.25) is 19.5 Å². The first-order chi connectivity index (χ1) is 15.5. The van der Waals surface area contributed by atoms with Crippen LogP contribution in [0.5, 0.6) is 11.5 Å². The molecule has 1 aromatic heterocycles. The van der Waals surface area contributed by atoms with Gasteiger partial charge < -0.3 is 14.6 Å². The van der Waals surface area contributed by atoms with Crippen molar-refractivity contribution in [2.24, 2.45) is 0 Å². The van der Waals surface area contributed by atoms with Gasteiger partial charge in [-0.2, -0.15) is 0 Å². The quantitative estimate of drug-likeness (QED) is 0.373. The number of aliphatic hydroxyl groups excluding tert-OH is 1. The van der Waals surface area contributed by atoms with E-state index in [9.17, 15) is 19.1 Å². The summed E-state index contributed by atoms with van der Waals surface area (Å²) in [5, 5.41) is 11.2. The average Bonchev–Trinajstić information content (AvgIpc) is 3.09. The average molecular weight is 434 g/mol. The lowest BCUT2D eigenvalue weighted by Gasteiger charge is -2.24. The molecule has 7 nitrogen and oxygen atoms in total. The third-order valence-electron chi connectivity index (χ3n) is 5.18. The fourth-order valence-corrected chi connectivity index (χ4v) is 3.66. The van der Waals surface area contributed by atoms with Crippen LogP contribution in [0.3, 0.4) is 0 Å². The number of aromatic nitrogens is 1. The molecular weight excluding hydrogens is 415 g/mol. The molecule has 1 amide bonds. The summed E-state index contributed by atoms with van der Waals surface area (Å²) < 4.78 is 24.1. The zero-order valence-electron chi connectivity index (χ0n) is 17.3. The molecular formula is C24H19FN2O5. The lowest BCUT2D eigenvalue weighted by atomic mass is 9.97. The Kier molecular flexibility index (Phi) is 5.59. The number of hydrogen-bond acceptors (Lipinski definition) is 6. The Bertz CT molecular complexity index is 1210. The number of Topliss-reactive ketones (excluding diaryl/α,β-unsaturated/α-hetero) is 1. The van der Waals surface area contributed by atoms with Crippen LogP contribution in [0.1, 0.15) is 17.3 Å². The van der Waals surface area contributed by atoms with Crippen molar-refractivity contribution in [2.75, 3.05) is 19.1 Å². The van der Waals surface area contributed by atoms with E-state index in [0.717, 1.165) is 0 Å². The van der Waals surface area contributed by atoms with Gasteiger partial charge in [0.25, 0.3) is 11.7 Å². The Hall–Kier alpha value is -4.20. The second-order valence-electron chi connectivity index (χ2n) is 6.97. The Morgan fingerprint density at radius 2 is 1.78 bits per heavy atom. The molecule has 0 aliphatic carbocycles. The first-order valence-corrected chi connectivity index (χ1v) is 9.66. The molecule has 2 heterocycles. The molecule has 162 valence electrons. The van der Waals surface area contributed by atoms with E-state index in [2.05, 4.69) is 4.98 Å². The van der Waals surface area contributed by atoms with Crippen molar-refractivity contribution in [3.63, 3.8) is 0 Å². The van der Waals surface area contributed by atoms with Crippen molar-refractivity contribution in [3.05, 3.63) is 89.5 Å². The molecule has 3 aromatic rings. The lowest BCUT2D eigenvalue weighted by molar-refractivity contribution is -0.132. The number of aliphatic hydroxyl groups is 1. The van der Waals surface area contributed by atoms with Crippen LogP contribution < -0.4 is 14.4 Å². The number of rotatable bonds is 5. The summed E-state index contributed by atoms with van der Waals surface area (Å²) in [6.45, 7) is 0. The minimum atomic E-state index is -1.03. The van der Waals surface area contributed by atoms with E-state index in [4.69, 9.17) is 9.47 Å². The maximum absolute atomic E-state index is 13.5. The molecule has 0 radical (unpaired) electrons. The van der Waals surface area contributed by atoms with Crippen LogP contribution in [0.2, 0.25) is 0 Å². The summed E-state index contributed by atoms with van der Waals surface area (Å²) in [5.41, 5.74) is 0.676. The third kappa shape index (κ3) is 3.56. The van der Waals surface area contributed by atoms with Crippen LogP contribution in [0, 0.1) is 5.82 Å². The first kappa shape index (κ1) is 21.0. The van der Waals surface area contributed by atoms with Crippen LogP contribution in [0.4, 0.5) is 10.1 Å². The second-order valence-corrected chi connectivity index (χ2v) is 6.97. The van der Waals surface area contributed by atoms with Gasteiger partial charge >= 0.3 is 0 Å². The zero-order valence-corrected chi connectivity index (χ0v) is 17.3. The molecule has 32 heavy (non-hydrogen) atoms. The summed E-state index contributed by atoms with van der Waals surface area (Å²) in [7, 11) is 2.89. The molecule has 0 spiro atoms. The summed E-state index contributed by atoms with van der Waals surface area (Å²) in [6.07, 6.45) is 1.52. The number of amides is 1. The largest absolute Gasteiger partial charge is 0.507 e. The number of nitrogens with zero attached hydrogens (tertiary/aromatic N) is 2. The lowest BCUT2D eigenvalue weighted by Crippen LogP contribution is -2.29. The van der Waals surface area contributed by atoms with E-state index < -0.39 is 29.3 Å². The smallest absolute Gasteiger partial charge is 0.300 e. The third-order valence-corrected chi connectivity index (χ3v) is 5.18. The molecule has 1 fully saturated rings. The van der Waals surface area contributed by atoms with Gasteiger partial charge in [0.1, 0.15) is 29.1 Å². The number of anilines is 1. The van der Waals surface area contributed by atoms with E-state index in [1.165, 1.54) is 55.6 Å². The number of benzene rings is 2. The van der Waals surface area contributed by atoms with E-state index in [-0.39, 0.29) is 16.9 Å². The predicted molar refractivity (Wildman–Crippen MR) is 115 cm³/mol. The first-order valence-electron chi connectivity index (χ1n) is 9.66. The predicted octanol–water partition coefficient (Wildman–Crippen LogP) is 3.86. The van der Waals surface area contributed by atoms with Crippen molar-refractivity contribution >= 4 is 23.1 Å². The fourth-order valence-electron chi connectivity index (χ4n) is 3.66. The Morgan fingerprint density at radius 3 is 2.41 bits per heavy atom. The molecule has 4 rings (SSSR count). The minimum Gasteiger partial charge on any atom is -0.507 e. The maximum atomic E-state index is 13.5. The van der Waals surface area contributed by atoms with E-state index in [0.29, 0.717) is 17.1 Å². The molecule has 1 saturated heterocycles. The number of methoxy groups -OCH3 is 2. The van der Waals surface area contributed by atoms with Crippen LogP contribution in [0.25, 0.3) is 5.76 Å². The molecule has 2 aromatic carbocycles. The topological polar surface area (TPSA) is 89.0 Å². The van der Waals surface area contributed by atoms with Crippen molar-refractivity contribution in [2.45, 2.75) is 6.04 Å². The SMILES string of the molecule is COc1ccc(OC)c(/C(O)=C2\C(=O)C(=O)N(c3ccc(F)cc3)C2c2ccccn2)c1. The molecule has 0 bridgehead atoms. The number of ketones is 1. The Balaban J connectivity index is 1.97. The molecule has 1 aliphatic rings. The van der Waals surface area contributed by atoms with Gasteiger partial charge in [0.15, 0.2) is 0 Å². The monoisotopic (exact) mass is 434 g/mol. The number of halogens is 1. The van der Waals surface area contributed by atoms with Gasteiger partial charge in [-0.25, -0.2) is 4.39 Å². The van der Waals surface area contributed by atoms with E-state index >= 15 is 0 Å². The van der Waals surface area contributed by atoms with Gasteiger partial charge in [0.2, 0.25) is 0 Å². The number of ether oxygens (including phenoxy) is 2. The number of carbonyl (C=O) groups is 2. The van der Waals surface area contributed by atoms with Gasteiger partial charge in [-0.15, -0.1) is 0 Å². The molecule has 1 aliphatic heterocycles. The van der Waals surface area contributed by atoms with Gasteiger partial charge in [-0.05, 0) is 54.6 Å². The Morgan fingerprint density at radius 1 is 1.03 bits per heavy atom. The van der Waals surface area contributed by atoms with E-state index in [1.807, 2.05) is 0 Å². The number of hydrogen-bond donors (Lipinski definition) is 1. The second kappa shape index (κ2) is 8.50.